The van der Waals surface area contributed by atoms with Crippen molar-refractivity contribution in [2.45, 2.75) is 18.1 Å². The molecule has 0 fully saturated rings. The summed E-state index contributed by atoms with van der Waals surface area (Å²) in [5.74, 6) is -6.64. The van der Waals surface area contributed by atoms with Gasteiger partial charge < -0.3 is 15.9 Å². The van der Waals surface area contributed by atoms with E-state index in [0.29, 0.717) is 6.07 Å². The molecule has 1 atom stereocenters. The predicted octanol–water partition coefficient (Wildman–Crippen LogP) is 2.30. The van der Waals surface area contributed by atoms with Gasteiger partial charge in [-0.3, -0.25) is 0 Å². The molecule has 0 aliphatic rings. The van der Waals surface area contributed by atoms with Crippen LogP contribution in [0.3, 0.4) is 0 Å². The molecule has 1 aromatic carbocycles. The summed E-state index contributed by atoms with van der Waals surface area (Å²) in [7, 11) is 0. The Balaban J connectivity index is 3.21. The molecule has 0 amide bonds. The highest BCUT2D eigenvalue weighted by Gasteiger charge is 2.62. The first-order valence-corrected chi connectivity index (χ1v) is 4.29. The van der Waals surface area contributed by atoms with Gasteiger partial charge in [-0.15, -0.1) is 0 Å². The van der Waals surface area contributed by atoms with E-state index in [1.54, 1.807) is 0 Å². The molecule has 0 aliphatic carbocycles. The average molecular weight is 257 g/mol. The Hall–Kier alpha value is -1.57. The van der Waals surface area contributed by atoms with E-state index in [9.17, 15) is 22.0 Å². The van der Waals surface area contributed by atoms with Crippen molar-refractivity contribution in [2.24, 2.45) is 5.73 Å². The molecule has 1 rings (SSSR count). The number of phenolic OH excluding ortho intramolecular Hbond substituents is 2. The molecule has 0 aromatic heterocycles. The Kier molecular flexibility index (Phi) is 3.19. The van der Waals surface area contributed by atoms with E-state index in [2.05, 4.69) is 0 Å². The summed E-state index contributed by atoms with van der Waals surface area (Å²) < 4.78 is 61.8. The summed E-state index contributed by atoms with van der Waals surface area (Å²) in [6.45, 7) is 0. The van der Waals surface area contributed by atoms with Gasteiger partial charge in [0.15, 0.2) is 0 Å². The van der Waals surface area contributed by atoms with E-state index in [1.807, 2.05) is 0 Å². The Morgan fingerprint density at radius 1 is 1.06 bits per heavy atom. The van der Waals surface area contributed by atoms with Crippen LogP contribution in [-0.4, -0.2) is 22.3 Å². The Morgan fingerprint density at radius 3 is 2.06 bits per heavy atom. The highest BCUT2D eigenvalue weighted by molar-refractivity contribution is 5.41. The number of hydrogen-bond donors (Lipinski definition) is 3. The van der Waals surface area contributed by atoms with Gasteiger partial charge in [0.05, 0.1) is 0 Å². The zero-order valence-electron chi connectivity index (χ0n) is 8.17. The first-order chi connectivity index (χ1) is 7.57. The van der Waals surface area contributed by atoms with E-state index in [1.165, 1.54) is 0 Å². The minimum absolute atomic E-state index is 0.555. The average Bonchev–Trinajstić information content (AvgIpc) is 2.19. The minimum atomic E-state index is -5.84. The van der Waals surface area contributed by atoms with Crippen molar-refractivity contribution in [1.29, 1.82) is 0 Å². The third-order valence-electron chi connectivity index (χ3n) is 2.11. The van der Waals surface area contributed by atoms with E-state index in [0.717, 1.165) is 12.1 Å². The predicted molar refractivity (Wildman–Crippen MR) is 47.7 cm³/mol. The van der Waals surface area contributed by atoms with Crippen molar-refractivity contribution < 1.29 is 32.2 Å². The Morgan fingerprint density at radius 2 is 1.59 bits per heavy atom. The van der Waals surface area contributed by atoms with Gasteiger partial charge in [0.1, 0.15) is 17.5 Å². The molecule has 0 bridgehead atoms. The zero-order chi connectivity index (χ0) is 13.4. The molecule has 4 N–H and O–H groups in total. The summed E-state index contributed by atoms with van der Waals surface area (Å²) in [5.41, 5.74) is 3.91. The van der Waals surface area contributed by atoms with Crippen LogP contribution in [-0.2, 0) is 0 Å². The fraction of sp³-hybridized carbons (Fsp3) is 0.333. The van der Waals surface area contributed by atoms with Crippen LogP contribution in [0.5, 0.6) is 11.5 Å². The van der Waals surface area contributed by atoms with Gasteiger partial charge in [0.25, 0.3) is 0 Å². The fourth-order valence-corrected chi connectivity index (χ4v) is 1.16. The molecule has 0 heterocycles. The maximum Gasteiger partial charge on any atom is 0.455 e. The van der Waals surface area contributed by atoms with Gasteiger partial charge >= 0.3 is 12.1 Å². The monoisotopic (exact) mass is 257 g/mol. The van der Waals surface area contributed by atoms with Gasteiger partial charge in [0, 0.05) is 5.56 Å². The molecule has 1 aromatic rings. The fourth-order valence-electron chi connectivity index (χ4n) is 1.16. The van der Waals surface area contributed by atoms with Gasteiger partial charge in [-0.2, -0.15) is 22.0 Å². The number of aromatic hydroxyl groups is 2. The lowest BCUT2D eigenvalue weighted by molar-refractivity contribution is -0.291. The summed E-state index contributed by atoms with van der Waals surface area (Å²) >= 11 is 0. The zero-order valence-corrected chi connectivity index (χ0v) is 8.17. The number of phenols is 2. The number of hydrogen-bond acceptors (Lipinski definition) is 3. The summed E-state index contributed by atoms with van der Waals surface area (Å²) in [6, 6.07) is -0.539. The topological polar surface area (TPSA) is 66.5 Å². The molecule has 0 saturated carbocycles. The van der Waals surface area contributed by atoms with Crippen molar-refractivity contribution in [1.82, 2.24) is 0 Å². The second-order valence-corrected chi connectivity index (χ2v) is 3.34. The Labute approximate surface area is 92.3 Å². The Bertz CT molecular complexity index is 418. The van der Waals surface area contributed by atoms with Gasteiger partial charge in [-0.05, 0) is 18.2 Å². The second kappa shape index (κ2) is 4.02. The number of rotatable bonds is 2. The first kappa shape index (κ1) is 13.5. The molecule has 0 radical (unpaired) electrons. The molecule has 0 spiro atoms. The molecule has 17 heavy (non-hydrogen) atoms. The summed E-state index contributed by atoms with van der Waals surface area (Å²) in [4.78, 5) is 0. The van der Waals surface area contributed by atoms with Crippen molar-refractivity contribution in [3.63, 3.8) is 0 Å². The molecule has 0 saturated heterocycles. The van der Waals surface area contributed by atoms with E-state index in [4.69, 9.17) is 15.9 Å². The van der Waals surface area contributed by atoms with Gasteiger partial charge in [-0.1, -0.05) is 0 Å². The number of halogens is 5. The smallest absolute Gasteiger partial charge is 0.455 e. The van der Waals surface area contributed by atoms with E-state index < -0.39 is 35.2 Å². The molecule has 0 unspecified atom stereocenters. The lowest BCUT2D eigenvalue weighted by Crippen LogP contribution is -2.45. The van der Waals surface area contributed by atoms with Crippen LogP contribution in [0.4, 0.5) is 22.0 Å². The summed E-state index contributed by atoms with van der Waals surface area (Å²) in [6.07, 6.45) is -5.84. The third kappa shape index (κ3) is 2.41. The van der Waals surface area contributed by atoms with E-state index in [-0.39, 0.29) is 0 Å². The van der Waals surface area contributed by atoms with Crippen LogP contribution in [0.2, 0.25) is 0 Å². The van der Waals surface area contributed by atoms with Crippen LogP contribution in [0.25, 0.3) is 0 Å². The molecule has 3 nitrogen and oxygen atoms in total. The normalized spacial score (nSPS) is 14.7. The lowest BCUT2D eigenvalue weighted by Gasteiger charge is -2.26. The maximum atomic E-state index is 12.9. The molecular weight excluding hydrogens is 249 g/mol. The quantitative estimate of drug-likeness (QED) is 0.562. The first-order valence-electron chi connectivity index (χ1n) is 4.29. The molecule has 8 heteroatoms. The van der Waals surface area contributed by atoms with Crippen molar-refractivity contribution in [2.75, 3.05) is 0 Å². The van der Waals surface area contributed by atoms with Gasteiger partial charge in [-0.25, -0.2) is 0 Å². The highest BCUT2D eigenvalue weighted by atomic mass is 19.4. The molecular formula is C9H8F5NO2. The van der Waals surface area contributed by atoms with E-state index >= 15 is 0 Å². The van der Waals surface area contributed by atoms with Crippen LogP contribution < -0.4 is 5.73 Å². The van der Waals surface area contributed by atoms with Crippen molar-refractivity contribution in [3.8, 4) is 11.5 Å². The van der Waals surface area contributed by atoms with Crippen LogP contribution in [0.1, 0.15) is 11.6 Å². The standard InChI is InChI=1S/C9H8F5NO2/c10-8(11,9(12,13)14)7(15)5-3-4(16)1-2-6(5)17/h1-3,7,16-17H,15H2/t7-/m0/s1. The van der Waals surface area contributed by atoms with Gasteiger partial charge in [0.2, 0.25) is 0 Å². The number of nitrogens with two attached hydrogens (primary N) is 1. The van der Waals surface area contributed by atoms with Crippen LogP contribution in [0, 0.1) is 0 Å². The SMILES string of the molecule is N[C@@H](c1cc(O)ccc1O)C(F)(F)C(F)(F)F. The lowest BCUT2D eigenvalue weighted by atomic mass is 10.00. The van der Waals surface area contributed by atoms with Crippen molar-refractivity contribution in [3.05, 3.63) is 23.8 Å². The molecule has 0 aliphatic heterocycles. The third-order valence-corrected chi connectivity index (χ3v) is 2.11. The number of alkyl halides is 5. The highest BCUT2D eigenvalue weighted by Crippen LogP contribution is 2.45. The van der Waals surface area contributed by atoms with Crippen molar-refractivity contribution >= 4 is 0 Å². The maximum absolute atomic E-state index is 12.9. The minimum Gasteiger partial charge on any atom is -0.508 e. The molecule has 96 valence electrons. The van der Waals surface area contributed by atoms with Crippen LogP contribution >= 0.6 is 0 Å². The second-order valence-electron chi connectivity index (χ2n) is 3.34. The largest absolute Gasteiger partial charge is 0.508 e. The van der Waals surface area contributed by atoms with Crippen LogP contribution in [0.15, 0.2) is 18.2 Å². The summed E-state index contributed by atoms with van der Waals surface area (Å²) in [5, 5.41) is 18.1. The number of benzene rings is 1.